The van der Waals surface area contributed by atoms with Crippen molar-refractivity contribution in [3.8, 4) is 11.1 Å². The Hall–Kier alpha value is -2.50. The van der Waals surface area contributed by atoms with E-state index in [0.717, 1.165) is 30.6 Å². The van der Waals surface area contributed by atoms with Gasteiger partial charge in [0.05, 0.1) is 4.88 Å². The van der Waals surface area contributed by atoms with Crippen molar-refractivity contribution in [3.63, 3.8) is 0 Å². The van der Waals surface area contributed by atoms with Gasteiger partial charge >= 0.3 is 0 Å². The summed E-state index contributed by atoms with van der Waals surface area (Å²) < 4.78 is 13.2. The molecule has 0 radical (unpaired) electrons. The van der Waals surface area contributed by atoms with Gasteiger partial charge in [-0.15, -0.1) is 11.3 Å². The monoisotopic (exact) mass is 394 g/mol. The van der Waals surface area contributed by atoms with E-state index in [1.807, 2.05) is 17.5 Å². The molecule has 1 aromatic heterocycles. The lowest BCUT2D eigenvalue weighted by molar-refractivity contribution is 0.0941. The second-order valence-corrected chi connectivity index (χ2v) is 8.13. The summed E-state index contributed by atoms with van der Waals surface area (Å²) in [4.78, 5) is 16.0. The van der Waals surface area contributed by atoms with Gasteiger partial charge in [0.1, 0.15) is 5.82 Å². The highest BCUT2D eigenvalue weighted by molar-refractivity contribution is 7.12. The zero-order chi connectivity index (χ0) is 19.5. The third-order valence-electron chi connectivity index (χ3n) is 5.41. The van der Waals surface area contributed by atoms with Gasteiger partial charge in [-0.25, -0.2) is 4.39 Å². The highest BCUT2D eigenvalue weighted by Gasteiger charge is 2.28. The minimum Gasteiger partial charge on any atom is -0.347 e. The van der Waals surface area contributed by atoms with Crippen LogP contribution in [0.4, 0.5) is 4.39 Å². The van der Waals surface area contributed by atoms with Gasteiger partial charge in [0, 0.05) is 30.7 Å². The van der Waals surface area contributed by atoms with Crippen LogP contribution in [0, 0.1) is 5.82 Å². The van der Waals surface area contributed by atoms with Crippen LogP contribution < -0.4 is 5.32 Å². The first-order valence-corrected chi connectivity index (χ1v) is 10.4. The van der Waals surface area contributed by atoms with E-state index in [2.05, 4.69) is 41.4 Å². The fourth-order valence-corrected chi connectivity index (χ4v) is 4.61. The number of carbonyl (C=O) groups excluding carboxylic acids is 1. The van der Waals surface area contributed by atoms with E-state index < -0.39 is 0 Å². The van der Waals surface area contributed by atoms with Crippen LogP contribution in [0.3, 0.4) is 0 Å². The molecule has 2 heterocycles. The predicted octanol–water partition coefficient (Wildman–Crippen LogP) is 5.12. The number of hydrogen-bond acceptors (Lipinski definition) is 3. The lowest BCUT2D eigenvalue weighted by atomic mass is 10.1. The second kappa shape index (κ2) is 8.25. The van der Waals surface area contributed by atoms with Crippen LogP contribution in [0.1, 0.15) is 34.6 Å². The summed E-state index contributed by atoms with van der Waals surface area (Å²) in [7, 11) is 0. The molecule has 0 aliphatic carbocycles. The van der Waals surface area contributed by atoms with Gasteiger partial charge < -0.3 is 5.32 Å². The average Bonchev–Trinajstić information content (AvgIpc) is 3.38. The van der Waals surface area contributed by atoms with Crippen molar-refractivity contribution in [2.24, 2.45) is 0 Å². The van der Waals surface area contributed by atoms with Gasteiger partial charge in [0.2, 0.25) is 0 Å². The summed E-state index contributed by atoms with van der Waals surface area (Å²) in [6.07, 6.45) is 0.945. The number of hydrogen-bond donors (Lipinski definition) is 1. The molecule has 1 aliphatic heterocycles. The Kier molecular flexibility index (Phi) is 5.55. The molecule has 0 spiro atoms. The molecule has 0 bridgehead atoms. The molecular weight excluding hydrogens is 371 g/mol. The van der Waals surface area contributed by atoms with Gasteiger partial charge in [-0.05, 0) is 48.1 Å². The predicted molar refractivity (Wildman–Crippen MR) is 112 cm³/mol. The molecule has 1 aliphatic rings. The summed E-state index contributed by atoms with van der Waals surface area (Å²) in [6.45, 7) is 4.03. The van der Waals surface area contributed by atoms with Gasteiger partial charge in [0.15, 0.2) is 0 Å². The zero-order valence-corrected chi connectivity index (χ0v) is 16.6. The Morgan fingerprint density at radius 3 is 2.64 bits per heavy atom. The topological polar surface area (TPSA) is 32.3 Å². The average molecular weight is 395 g/mol. The summed E-state index contributed by atoms with van der Waals surface area (Å²) in [6, 6.07) is 19.1. The highest BCUT2D eigenvalue weighted by Crippen LogP contribution is 2.29. The van der Waals surface area contributed by atoms with Crippen molar-refractivity contribution in [1.29, 1.82) is 0 Å². The first-order chi connectivity index (χ1) is 13.6. The summed E-state index contributed by atoms with van der Waals surface area (Å²) in [5.74, 6) is -0.322. The molecular formula is C23H23FN2OS. The van der Waals surface area contributed by atoms with Crippen molar-refractivity contribution in [1.82, 2.24) is 10.2 Å². The lowest BCUT2D eigenvalue weighted by Crippen LogP contribution is -2.37. The summed E-state index contributed by atoms with van der Waals surface area (Å²) >= 11 is 1.42. The van der Waals surface area contributed by atoms with Crippen LogP contribution in [-0.2, 0) is 0 Å². The van der Waals surface area contributed by atoms with Crippen LogP contribution in [0.2, 0.25) is 0 Å². The van der Waals surface area contributed by atoms with Crippen LogP contribution in [-0.4, -0.2) is 29.9 Å². The Bertz CT molecular complexity index is 939. The number of nitrogens with zero attached hydrogens (tertiary/aromatic N) is 1. The Morgan fingerprint density at radius 1 is 1.14 bits per heavy atom. The largest absolute Gasteiger partial charge is 0.347 e. The minimum atomic E-state index is -0.274. The van der Waals surface area contributed by atoms with E-state index in [0.29, 0.717) is 10.9 Å². The molecule has 0 saturated carbocycles. The van der Waals surface area contributed by atoms with Gasteiger partial charge in [-0.2, -0.15) is 0 Å². The van der Waals surface area contributed by atoms with Crippen molar-refractivity contribution in [2.75, 3.05) is 13.1 Å². The first-order valence-electron chi connectivity index (χ1n) is 9.55. The van der Waals surface area contributed by atoms with E-state index in [-0.39, 0.29) is 17.8 Å². The fraction of sp³-hybridized carbons (Fsp3) is 0.261. The number of thiophene rings is 1. The number of rotatable bonds is 5. The zero-order valence-electron chi connectivity index (χ0n) is 15.8. The lowest BCUT2D eigenvalue weighted by Gasteiger charge is -2.24. The standard InChI is InChI=1S/C23H23FN2OS/c1-16(17-5-3-2-4-6-17)26-13-11-20(15-26)25-23(27)22-21(12-14-28-22)18-7-9-19(24)10-8-18/h2-10,12,14,16,20H,11,13,15H2,1H3,(H,25,27)/t16-,20+/m1/s1. The molecule has 1 fully saturated rings. The van der Waals surface area contributed by atoms with E-state index >= 15 is 0 Å². The number of benzene rings is 2. The summed E-state index contributed by atoms with van der Waals surface area (Å²) in [5, 5.41) is 5.10. The van der Waals surface area contributed by atoms with Gasteiger partial charge in [-0.1, -0.05) is 42.5 Å². The van der Waals surface area contributed by atoms with Crippen LogP contribution >= 0.6 is 11.3 Å². The van der Waals surface area contributed by atoms with Crippen LogP contribution in [0.25, 0.3) is 11.1 Å². The van der Waals surface area contributed by atoms with Gasteiger partial charge in [0.25, 0.3) is 5.91 Å². The van der Waals surface area contributed by atoms with Crippen LogP contribution in [0.5, 0.6) is 0 Å². The number of nitrogens with one attached hydrogen (secondary N) is 1. The van der Waals surface area contributed by atoms with E-state index in [4.69, 9.17) is 0 Å². The fourth-order valence-electron chi connectivity index (χ4n) is 3.79. The van der Waals surface area contributed by atoms with E-state index in [1.165, 1.54) is 29.0 Å². The normalized spacial score (nSPS) is 18.1. The molecule has 1 saturated heterocycles. The van der Waals surface area contributed by atoms with Crippen LogP contribution in [0.15, 0.2) is 66.0 Å². The highest BCUT2D eigenvalue weighted by atomic mass is 32.1. The third-order valence-corrected chi connectivity index (χ3v) is 6.32. The SMILES string of the molecule is C[C@H](c1ccccc1)N1CC[C@H](NC(=O)c2sccc2-c2ccc(F)cc2)C1. The maximum atomic E-state index is 13.2. The third kappa shape index (κ3) is 4.01. The quantitative estimate of drug-likeness (QED) is 0.651. The molecule has 4 rings (SSSR count). The molecule has 28 heavy (non-hydrogen) atoms. The van der Waals surface area contributed by atoms with Gasteiger partial charge in [-0.3, -0.25) is 9.69 Å². The molecule has 0 unspecified atom stereocenters. The Balaban J connectivity index is 1.41. The van der Waals surface area contributed by atoms with E-state index in [9.17, 15) is 9.18 Å². The number of amides is 1. The maximum Gasteiger partial charge on any atom is 0.262 e. The molecule has 1 amide bonds. The molecule has 1 N–H and O–H groups in total. The second-order valence-electron chi connectivity index (χ2n) is 7.21. The number of carbonyl (C=O) groups is 1. The Morgan fingerprint density at radius 2 is 1.89 bits per heavy atom. The van der Waals surface area contributed by atoms with Crippen molar-refractivity contribution < 1.29 is 9.18 Å². The maximum absolute atomic E-state index is 13.2. The Labute approximate surface area is 168 Å². The molecule has 2 atom stereocenters. The first kappa shape index (κ1) is 18.8. The molecule has 3 nitrogen and oxygen atoms in total. The van der Waals surface area contributed by atoms with Crippen molar-refractivity contribution in [2.45, 2.75) is 25.4 Å². The molecule has 2 aromatic carbocycles. The van der Waals surface area contributed by atoms with E-state index in [1.54, 1.807) is 12.1 Å². The van der Waals surface area contributed by atoms with Crippen molar-refractivity contribution >= 4 is 17.2 Å². The molecule has 144 valence electrons. The smallest absolute Gasteiger partial charge is 0.262 e. The molecule has 3 aromatic rings. The number of likely N-dealkylation sites (tertiary alicyclic amines) is 1. The van der Waals surface area contributed by atoms with Crippen molar-refractivity contribution in [3.05, 3.63) is 82.3 Å². The molecule has 5 heteroatoms. The minimum absolute atomic E-state index is 0.0476. The number of halogens is 1. The summed E-state index contributed by atoms with van der Waals surface area (Å²) in [5.41, 5.74) is 3.01.